The summed E-state index contributed by atoms with van der Waals surface area (Å²) in [6, 6.07) is 20.2. The number of piperazine rings is 1. The summed E-state index contributed by atoms with van der Waals surface area (Å²) in [4.78, 5) is 27.3. The van der Waals surface area contributed by atoms with E-state index in [4.69, 9.17) is 0 Å². The number of aromatic nitrogens is 2. The Morgan fingerprint density at radius 3 is 2.56 bits per heavy atom. The van der Waals surface area contributed by atoms with Crippen LogP contribution in [-0.4, -0.2) is 53.5 Å². The zero-order chi connectivity index (χ0) is 21.8. The quantitative estimate of drug-likeness (QED) is 0.475. The van der Waals surface area contributed by atoms with Gasteiger partial charge in [-0.2, -0.15) is 0 Å². The minimum Gasteiger partial charge on any atom is -0.353 e. The third-order valence-electron chi connectivity index (χ3n) is 5.85. The molecule has 32 heavy (non-hydrogen) atoms. The molecule has 1 N–H and O–H groups in total. The first-order chi connectivity index (χ1) is 15.8. The summed E-state index contributed by atoms with van der Waals surface area (Å²) in [7, 11) is 0. The molecule has 2 aromatic heterocycles. The largest absolute Gasteiger partial charge is 0.353 e. The Bertz CT molecular complexity index is 1200. The van der Waals surface area contributed by atoms with E-state index in [0.717, 1.165) is 65.6 Å². The molecule has 3 heterocycles. The van der Waals surface area contributed by atoms with Crippen molar-refractivity contribution in [2.24, 2.45) is 0 Å². The molecule has 0 radical (unpaired) electrons. The lowest BCUT2D eigenvalue weighted by Gasteiger charge is -2.35. The number of nitrogens with zero attached hydrogens (tertiary/aromatic N) is 4. The second-order valence-corrected chi connectivity index (χ2v) is 8.77. The van der Waals surface area contributed by atoms with Crippen molar-refractivity contribution in [1.29, 1.82) is 0 Å². The highest BCUT2D eigenvalue weighted by atomic mass is 32.1. The van der Waals surface area contributed by atoms with Crippen LogP contribution in [0.3, 0.4) is 0 Å². The van der Waals surface area contributed by atoms with Crippen LogP contribution in [0.2, 0.25) is 0 Å². The molecule has 2 aromatic carbocycles. The molecule has 4 aromatic rings. The molecule has 1 amide bonds. The van der Waals surface area contributed by atoms with Gasteiger partial charge in [-0.05, 0) is 23.1 Å². The number of anilines is 2. The van der Waals surface area contributed by atoms with Crippen LogP contribution < -0.4 is 10.2 Å². The Hall–Kier alpha value is -3.29. The smallest absolute Gasteiger partial charge is 0.225 e. The highest BCUT2D eigenvalue weighted by molar-refractivity contribution is 7.16. The fourth-order valence-electron chi connectivity index (χ4n) is 4.15. The van der Waals surface area contributed by atoms with Crippen LogP contribution in [0.5, 0.6) is 0 Å². The topological polar surface area (TPSA) is 61.4 Å². The lowest BCUT2D eigenvalue weighted by Crippen LogP contribution is -2.47. The maximum Gasteiger partial charge on any atom is 0.225 e. The average molecular weight is 444 g/mol. The number of carbonyl (C=O) groups excluding carboxylic acids is 1. The van der Waals surface area contributed by atoms with E-state index in [2.05, 4.69) is 48.7 Å². The summed E-state index contributed by atoms with van der Waals surface area (Å²) in [6.45, 7) is 4.40. The van der Waals surface area contributed by atoms with Gasteiger partial charge < -0.3 is 10.2 Å². The van der Waals surface area contributed by atoms with E-state index in [-0.39, 0.29) is 5.91 Å². The number of amides is 1. The first-order valence-corrected chi connectivity index (χ1v) is 11.8. The van der Waals surface area contributed by atoms with E-state index in [1.165, 1.54) is 0 Å². The molecule has 0 unspecified atom stereocenters. The highest BCUT2D eigenvalue weighted by Crippen LogP contribution is 2.28. The summed E-state index contributed by atoms with van der Waals surface area (Å²) in [5, 5.41) is 6.30. The van der Waals surface area contributed by atoms with Gasteiger partial charge in [-0.1, -0.05) is 48.5 Å². The molecule has 5 rings (SSSR count). The minimum atomic E-state index is 0.0478. The number of fused-ring (bicyclic) bond motifs is 1. The Morgan fingerprint density at radius 1 is 0.938 bits per heavy atom. The van der Waals surface area contributed by atoms with Gasteiger partial charge in [0.05, 0.1) is 5.39 Å². The van der Waals surface area contributed by atoms with Gasteiger partial charge in [0.1, 0.15) is 17.0 Å². The Labute approximate surface area is 191 Å². The Kier molecular flexibility index (Phi) is 6.09. The first kappa shape index (κ1) is 20.6. The molecule has 162 valence electrons. The van der Waals surface area contributed by atoms with Crippen molar-refractivity contribution in [1.82, 2.24) is 14.9 Å². The van der Waals surface area contributed by atoms with Gasteiger partial charge in [0.2, 0.25) is 5.91 Å². The van der Waals surface area contributed by atoms with Gasteiger partial charge in [0.15, 0.2) is 0 Å². The van der Waals surface area contributed by atoms with Gasteiger partial charge >= 0.3 is 0 Å². The Balaban J connectivity index is 1.15. The van der Waals surface area contributed by atoms with Crippen molar-refractivity contribution < 1.29 is 4.79 Å². The zero-order valence-electron chi connectivity index (χ0n) is 17.8. The summed E-state index contributed by atoms with van der Waals surface area (Å²) in [5.41, 5.74) is 3.00. The van der Waals surface area contributed by atoms with Crippen LogP contribution in [0.1, 0.15) is 6.42 Å². The first-order valence-electron chi connectivity index (χ1n) is 10.9. The normalized spacial score (nSPS) is 14.6. The number of thiophene rings is 1. The Morgan fingerprint density at radius 2 is 1.72 bits per heavy atom. The lowest BCUT2D eigenvalue weighted by molar-refractivity contribution is -0.116. The second-order valence-electron chi connectivity index (χ2n) is 7.88. The fraction of sp³-hybridized carbons (Fsp3) is 0.240. The summed E-state index contributed by atoms with van der Waals surface area (Å²) in [6.07, 6.45) is 2.13. The van der Waals surface area contributed by atoms with Crippen molar-refractivity contribution in [2.75, 3.05) is 42.9 Å². The minimum absolute atomic E-state index is 0.0478. The third-order valence-corrected chi connectivity index (χ3v) is 6.67. The fourth-order valence-corrected chi connectivity index (χ4v) is 4.87. The molecule has 1 fully saturated rings. The van der Waals surface area contributed by atoms with E-state index in [1.807, 2.05) is 42.5 Å². The van der Waals surface area contributed by atoms with Crippen molar-refractivity contribution in [3.8, 4) is 11.1 Å². The van der Waals surface area contributed by atoms with Crippen LogP contribution in [0.4, 0.5) is 11.5 Å². The SMILES string of the molecule is O=C(CCN1CCN(c2ncnc3sccc23)CC1)Nc1ccccc1-c1ccccc1. The number of benzene rings is 2. The zero-order valence-corrected chi connectivity index (χ0v) is 18.6. The molecule has 7 heteroatoms. The lowest BCUT2D eigenvalue weighted by atomic mass is 10.0. The second kappa shape index (κ2) is 9.46. The van der Waals surface area contributed by atoms with Gasteiger partial charge in [0, 0.05) is 50.4 Å². The number of nitrogens with one attached hydrogen (secondary N) is 1. The summed E-state index contributed by atoms with van der Waals surface area (Å²) in [5.74, 6) is 1.07. The molecule has 0 bridgehead atoms. The molecule has 0 aliphatic carbocycles. The van der Waals surface area contributed by atoms with E-state index in [1.54, 1.807) is 17.7 Å². The molecule has 0 saturated carbocycles. The number of rotatable bonds is 6. The van der Waals surface area contributed by atoms with E-state index in [9.17, 15) is 4.79 Å². The molecular weight excluding hydrogens is 418 g/mol. The van der Waals surface area contributed by atoms with E-state index < -0.39 is 0 Å². The molecule has 0 atom stereocenters. The predicted molar refractivity (Wildman–Crippen MR) is 131 cm³/mol. The van der Waals surface area contributed by atoms with E-state index in [0.29, 0.717) is 6.42 Å². The molecule has 1 saturated heterocycles. The van der Waals surface area contributed by atoms with Crippen LogP contribution >= 0.6 is 11.3 Å². The predicted octanol–water partition coefficient (Wildman–Crippen LogP) is 4.51. The maximum absolute atomic E-state index is 12.7. The van der Waals surface area contributed by atoms with Crippen molar-refractivity contribution in [3.05, 3.63) is 72.4 Å². The maximum atomic E-state index is 12.7. The van der Waals surface area contributed by atoms with Gasteiger partial charge in [0.25, 0.3) is 0 Å². The van der Waals surface area contributed by atoms with Crippen LogP contribution in [0.25, 0.3) is 21.3 Å². The molecule has 1 aliphatic heterocycles. The third kappa shape index (κ3) is 4.49. The van der Waals surface area contributed by atoms with Crippen molar-refractivity contribution >= 4 is 39.0 Å². The average Bonchev–Trinajstić information content (AvgIpc) is 3.33. The van der Waals surface area contributed by atoms with Gasteiger partial charge in [-0.25, -0.2) is 9.97 Å². The van der Waals surface area contributed by atoms with Crippen molar-refractivity contribution in [2.45, 2.75) is 6.42 Å². The van der Waals surface area contributed by atoms with Gasteiger partial charge in [-0.3, -0.25) is 9.69 Å². The molecule has 1 aliphatic rings. The molecule has 6 nitrogen and oxygen atoms in total. The van der Waals surface area contributed by atoms with Crippen LogP contribution in [0, 0.1) is 0 Å². The number of hydrogen-bond acceptors (Lipinski definition) is 6. The standard InChI is InChI=1S/C25H25N5OS/c31-23(28-22-9-5-4-8-20(22)19-6-2-1-3-7-19)10-12-29-13-15-30(16-14-29)24-21-11-17-32-25(21)27-18-26-24/h1-9,11,17-18H,10,12-16H2,(H,28,31). The van der Waals surface area contributed by atoms with Crippen LogP contribution in [0.15, 0.2) is 72.4 Å². The summed E-state index contributed by atoms with van der Waals surface area (Å²) >= 11 is 1.64. The van der Waals surface area contributed by atoms with Gasteiger partial charge in [-0.15, -0.1) is 11.3 Å². The molecule has 0 spiro atoms. The number of para-hydroxylation sites is 1. The van der Waals surface area contributed by atoms with Crippen LogP contribution in [-0.2, 0) is 4.79 Å². The number of hydrogen-bond donors (Lipinski definition) is 1. The van der Waals surface area contributed by atoms with Crippen molar-refractivity contribution in [3.63, 3.8) is 0 Å². The monoisotopic (exact) mass is 443 g/mol. The summed E-state index contributed by atoms with van der Waals surface area (Å²) < 4.78 is 0. The molecular formula is C25H25N5OS. The van der Waals surface area contributed by atoms with E-state index >= 15 is 0 Å². The highest BCUT2D eigenvalue weighted by Gasteiger charge is 2.20. The number of carbonyl (C=O) groups is 1.